The molecule has 2 N–H and O–H groups in total. The molecule has 0 radical (unpaired) electrons. The van der Waals surface area contributed by atoms with Gasteiger partial charge < -0.3 is 9.84 Å². The molecule has 0 aromatic heterocycles. The highest BCUT2D eigenvalue weighted by molar-refractivity contribution is 5.72. The van der Waals surface area contributed by atoms with Crippen LogP contribution in [0.1, 0.15) is 20.8 Å². The first-order valence-corrected chi connectivity index (χ1v) is 3.88. The maximum Gasteiger partial charge on any atom is 0.320 e. The first-order valence-electron chi connectivity index (χ1n) is 3.88. The Morgan fingerprint density at radius 2 is 2.17 bits per heavy atom. The Kier molecular flexibility index (Phi) is 4.20. The van der Waals surface area contributed by atoms with Gasteiger partial charge in [-0.2, -0.15) is 0 Å². The summed E-state index contributed by atoms with van der Waals surface area (Å²) in [4.78, 5) is 10.5. The lowest BCUT2D eigenvalue weighted by Crippen LogP contribution is -2.50. The van der Waals surface area contributed by atoms with Crippen molar-refractivity contribution in [1.82, 2.24) is 5.32 Å². The summed E-state index contributed by atoms with van der Waals surface area (Å²) in [6.07, 6.45) is 0. The van der Waals surface area contributed by atoms with Gasteiger partial charge in [-0.3, -0.25) is 10.1 Å². The van der Waals surface area contributed by atoms with Crippen LogP contribution in [-0.4, -0.2) is 36.4 Å². The molecule has 0 heterocycles. The summed E-state index contributed by atoms with van der Waals surface area (Å²) in [5, 5.41) is 11.5. The van der Waals surface area contributed by atoms with Crippen LogP contribution in [0.4, 0.5) is 0 Å². The Bertz CT molecular complexity index is 156. The molecule has 0 saturated heterocycles. The van der Waals surface area contributed by atoms with Gasteiger partial charge in [-0.15, -0.1) is 0 Å². The van der Waals surface area contributed by atoms with Crippen molar-refractivity contribution < 1.29 is 14.6 Å². The number of aliphatic carboxylic acids is 1. The Morgan fingerprint density at radius 3 is 2.50 bits per heavy atom. The summed E-state index contributed by atoms with van der Waals surface area (Å²) in [6, 6.07) is -0.546. The standard InChI is InChI=1S/C8H17NO3/c1-6(7(10)11)9-8(2,3)5-12-4/h6,9H,5H2,1-4H3,(H,10,11). The van der Waals surface area contributed by atoms with Crippen LogP contribution < -0.4 is 5.32 Å². The molecular weight excluding hydrogens is 158 g/mol. The highest BCUT2D eigenvalue weighted by Crippen LogP contribution is 2.03. The fourth-order valence-electron chi connectivity index (χ4n) is 1.05. The smallest absolute Gasteiger partial charge is 0.320 e. The van der Waals surface area contributed by atoms with Crippen LogP contribution in [0.5, 0.6) is 0 Å². The van der Waals surface area contributed by atoms with Gasteiger partial charge in [0.15, 0.2) is 0 Å². The second-order valence-corrected chi connectivity index (χ2v) is 3.52. The maximum atomic E-state index is 10.5. The molecule has 72 valence electrons. The summed E-state index contributed by atoms with van der Waals surface area (Å²) >= 11 is 0. The second-order valence-electron chi connectivity index (χ2n) is 3.52. The van der Waals surface area contributed by atoms with E-state index in [-0.39, 0.29) is 5.54 Å². The number of carboxylic acid groups (broad SMARTS) is 1. The molecule has 1 unspecified atom stereocenters. The fourth-order valence-corrected chi connectivity index (χ4v) is 1.05. The first kappa shape index (κ1) is 11.4. The summed E-state index contributed by atoms with van der Waals surface area (Å²) in [5.74, 6) is -0.848. The molecular formula is C8H17NO3. The monoisotopic (exact) mass is 175 g/mol. The number of hydrogen-bond donors (Lipinski definition) is 2. The van der Waals surface area contributed by atoms with Crippen molar-refractivity contribution in [2.75, 3.05) is 13.7 Å². The van der Waals surface area contributed by atoms with Crippen LogP contribution in [0.3, 0.4) is 0 Å². The van der Waals surface area contributed by atoms with E-state index in [4.69, 9.17) is 9.84 Å². The number of methoxy groups -OCH3 is 1. The molecule has 0 rings (SSSR count). The molecule has 0 spiro atoms. The van der Waals surface area contributed by atoms with Crippen molar-refractivity contribution in [1.29, 1.82) is 0 Å². The summed E-state index contributed by atoms with van der Waals surface area (Å²) in [7, 11) is 1.59. The van der Waals surface area contributed by atoms with Gasteiger partial charge >= 0.3 is 5.97 Å². The molecule has 0 aliphatic rings. The van der Waals surface area contributed by atoms with E-state index in [1.165, 1.54) is 0 Å². The van der Waals surface area contributed by atoms with Crippen molar-refractivity contribution >= 4 is 5.97 Å². The Labute approximate surface area is 72.9 Å². The molecule has 4 nitrogen and oxygen atoms in total. The van der Waals surface area contributed by atoms with Crippen molar-refractivity contribution in [3.8, 4) is 0 Å². The largest absolute Gasteiger partial charge is 0.480 e. The topological polar surface area (TPSA) is 58.6 Å². The van der Waals surface area contributed by atoms with E-state index >= 15 is 0 Å². The Balaban J connectivity index is 3.95. The van der Waals surface area contributed by atoms with Gasteiger partial charge in [0.25, 0.3) is 0 Å². The van der Waals surface area contributed by atoms with E-state index in [0.29, 0.717) is 6.61 Å². The molecule has 12 heavy (non-hydrogen) atoms. The van der Waals surface area contributed by atoms with Crippen molar-refractivity contribution in [2.45, 2.75) is 32.4 Å². The second kappa shape index (κ2) is 4.42. The minimum absolute atomic E-state index is 0.299. The molecule has 0 aliphatic carbocycles. The third-order valence-corrected chi connectivity index (χ3v) is 1.48. The Morgan fingerprint density at radius 1 is 1.67 bits per heavy atom. The van der Waals surface area contributed by atoms with Gasteiger partial charge in [0.2, 0.25) is 0 Å². The molecule has 1 atom stereocenters. The van der Waals surface area contributed by atoms with Gasteiger partial charge in [0.05, 0.1) is 6.61 Å². The van der Waals surface area contributed by atoms with Gasteiger partial charge in [-0.1, -0.05) is 0 Å². The number of nitrogens with one attached hydrogen (secondary N) is 1. The molecule has 0 bridgehead atoms. The highest BCUT2D eigenvalue weighted by Gasteiger charge is 2.22. The molecule has 0 aliphatic heterocycles. The molecule has 0 saturated carbocycles. The van der Waals surface area contributed by atoms with Crippen LogP contribution in [0.15, 0.2) is 0 Å². The van der Waals surface area contributed by atoms with E-state index < -0.39 is 12.0 Å². The lowest BCUT2D eigenvalue weighted by atomic mass is 10.1. The molecule has 0 amide bonds. The number of ether oxygens (including phenoxy) is 1. The number of rotatable bonds is 5. The number of hydrogen-bond acceptors (Lipinski definition) is 3. The van der Waals surface area contributed by atoms with Gasteiger partial charge in [0, 0.05) is 12.6 Å². The van der Waals surface area contributed by atoms with Crippen LogP contribution >= 0.6 is 0 Å². The van der Waals surface area contributed by atoms with Crippen LogP contribution in [0.25, 0.3) is 0 Å². The lowest BCUT2D eigenvalue weighted by Gasteiger charge is -2.27. The van der Waals surface area contributed by atoms with Crippen molar-refractivity contribution in [3.05, 3.63) is 0 Å². The van der Waals surface area contributed by atoms with Crippen LogP contribution in [0.2, 0.25) is 0 Å². The van der Waals surface area contributed by atoms with E-state index in [2.05, 4.69) is 5.32 Å². The Hall–Kier alpha value is -0.610. The predicted molar refractivity (Wildman–Crippen MR) is 46.2 cm³/mol. The zero-order chi connectivity index (χ0) is 9.78. The number of carbonyl (C=O) groups is 1. The third-order valence-electron chi connectivity index (χ3n) is 1.48. The van der Waals surface area contributed by atoms with Gasteiger partial charge in [-0.25, -0.2) is 0 Å². The minimum Gasteiger partial charge on any atom is -0.480 e. The molecule has 4 heteroatoms. The zero-order valence-electron chi connectivity index (χ0n) is 8.05. The minimum atomic E-state index is -0.848. The summed E-state index contributed by atoms with van der Waals surface area (Å²) in [5.41, 5.74) is -0.299. The molecule has 0 aromatic carbocycles. The van der Waals surface area contributed by atoms with Crippen molar-refractivity contribution in [2.24, 2.45) is 0 Å². The van der Waals surface area contributed by atoms with E-state index in [0.717, 1.165) is 0 Å². The van der Waals surface area contributed by atoms with E-state index in [1.807, 2.05) is 13.8 Å². The highest BCUT2D eigenvalue weighted by atomic mass is 16.5. The fraction of sp³-hybridized carbons (Fsp3) is 0.875. The summed E-state index contributed by atoms with van der Waals surface area (Å²) < 4.78 is 4.93. The zero-order valence-corrected chi connectivity index (χ0v) is 8.05. The predicted octanol–water partition coefficient (Wildman–Crippen LogP) is 0.474. The average molecular weight is 175 g/mol. The van der Waals surface area contributed by atoms with Crippen LogP contribution in [-0.2, 0) is 9.53 Å². The average Bonchev–Trinajstić information content (AvgIpc) is 1.85. The third kappa shape index (κ3) is 4.31. The normalized spacial score (nSPS) is 14.3. The van der Waals surface area contributed by atoms with Crippen molar-refractivity contribution in [3.63, 3.8) is 0 Å². The summed E-state index contributed by atoms with van der Waals surface area (Å²) in [6.45, 7) is 5.90. The van der Waals surface area contributed by atoms with Crippen LogP contribution in [0, 0.1) is 0 Å². The first-order chi connectivity index (χ1) is 5.39. The quantitative estimate of drug-likeness (QED) is 0.638. The van der Waals surface area contributed by atoms with E-state index in [9.17, 15) is 4.79 Å². The van der Waals surface area contributed by atoms with Gasteiger partial charge in [-0.05, 0) is 20.8 Å². The maximum absolute atomic E-state index is 10.5. The molecule has 0 aromatic rings. The SMILES string of the molecule is COCC(C)(C)NC(C)C(=O)O. The molecule has 0 fully saturated rings. The van der Waals surface area contributed by atoms with E-state index in [1.54, 1.807) is 14.0 Å². The van der Waals surface area contributed by atoms with Gasteiger partial charge in [0.1, 0.15) is 6.04 Å². The number of carboxylic acids is 1. The lowest BCUT2D eigenvalue weighted by molar-refractivity contribution is -0.139.